The third kappa shape index (κ3) is 4.45. The first kappa shape index (κ1) is 14.7. The van der Waals surface area contributed by atoms with E-state index < -0.39 is 0 Å². The first-order valence-corrected chi connectivity index (χ1v) is 6.76. The molecule has 2 atom stereocenters. The van der Waals surface area contributed by atoms with Crippen molar-refractivity contribution in [1.29, 1.82) is 0 Å². The van der Waals surface area contributed by atoms with E-state index in [9.17, 15) is 0 Å². The topological polar surface area (TPSA) is 45.4 Å². The summed E-state index contributed by atoms with van der Waals surface area (Å²) in [4.78, 5) is 0. The zero-order chi connectivity index (χ0) is 13.1. The van der Waals surface area contributed by atoms with Gasteiger partial charge >= 0.3 is 0 Å². The van der Waals surface area contributed by atoms with E-state index in [1.807, 2.05) is 12.1 Å². The van der Waals surface area contributed by atoms with Crippen molar-refractivity contribution in [3.63, 3.8) is 0 Å². The van der Waals surface area contributed by atoms with E-state index >= 15 is 0 Å². The highest BCUT2D eigenvalue weighted by Gasteiger charge is 2.26. The van der Waals surface area contributed by atoms with E-state index in [4.69, 9.17) is 9.52 Å². The van der Waals surface area contributed by atoms with Crippen LogP contribution in [0.25, 0.3) is 0 Å². The average Bonchev–Trinajstić information content (AvgIpc) is 2.62. The second kappa shape index (κ2) is 6.03. The van der Waals surface area contributed by atoms with Gasteiger partial charge in [-0.05, 0) is 46.8 Å². The van der Waals surface area contributed by atoms with Crippen LogP contribution in [-0.4, -0.2) is 17.8 Å². The van der Waals surface area contributed by atoms with Crippen molar-refractivity contribution in [2.75, 3.05) is 6.61 Å². The minimum Gasteiger partial charge on any atom is -0.453 e. The van der Waals surface area contributed by atoms with Gasteiger partial charge in [-0.25, -0.2) is 0 Å². The second-order valence-corrected chi connectivity index (χ2v) is 6.24. The predicted molar refractivity (Wildman–Crippen MR) is 72.9 cm³/mol. The van der Waals surface area contributed by atoms with Crippen LogP contribution in [0.1, 0.15) is 45.9 Å². The molecule has 98 valence electrons. The summed E-state index contributed by atoms with van der Waals surface area (Å²) in [6, 6.07) is 4.25. The quantitative estimate of drug-likeness (QED) is 0.875. The lowest BCUT2D eigenvalue weighted by atomic mass is 9.84. The maximum atomic E-state index is 9.12. The lowest BCUT2D eigenvalue weighted by Gasteiger charge is -2.33. The minimum absolute atomic E-state index is 0.112. The van der Waals surface area contributed by atoms with Crippen molar-refractivity contribution in [3.05, 3.63) is 22.6 Å². The van der Waals surface area contributed by atoms with Gasteiger partial charge < -0.3 is 14.8 Å². The van der Waals surface area contributed by atoms with Crippen LogP contribution in [0.5, 0.6) is 0 Å². The molecule has 1 aromatic heterocycles. The van der Waals surface area contributed by atoms with Crippen LogP contribution in [0, 0.1) is 5.41 Å². The van der Waals surface area contributed by atoms with Crippen molar-refractivity contribution < 1.29 is 9.52 Å². The van der Waals surface area contributed by atoms with Gasteiger partial charge in [-0.2, -0.15) is 0 Å². The van der Waals surface area contributed by atoms with Crippen LogP contribution >= 0.6 is 15.9 Å². The molecule has 0 aliphatic rings. The summed E-state index contributed by atoms with van der Waals surface area (Å²) in [6.07, 6.45) is 0.746. The summed E-state index contributed by atoms with van der Waals surface area (Å²) in [5.74, 6) is 0.907. The molecule has 1 rings (SSSR count). The number of furan rings is 1. The van der Waals surface area contributed by atoms with Gasteiger partial charge in [0, 0.05) is 12.6 Å². The average molecular weight is 304 g/mol. The van der Waals surface area contributed by atoms with Gasteiger partial charge in [-0.15, -0.1) is 0 Å². The summed E-state index contributed by atoms with van der Waals surface area (Å²) in [5, 5.41) is 12.6. The van der Waals surface area contributed by atoms with Crippen LogP contribution in [0.3, 0.4) is 0 Å². The molecule has 0 aromatic carbocycles. The fraction of sp³-hybridized carbons (Fsp3) is 0.692. The zero-order valence-electron chi connectivity index (χ0n) is 11.0. The van der Waals surface area contributed by atoms with Gasteiger partial charge in [0.15, 0.2) is 4.67 Å². The van der Waals surface area contributed by atoms with E-state index in [1.54, 1.807) is 0 Å². The molecule has 2 N–H and O–H groups in total. The fourth-order valence-electron chi connectivity index (χ4n) is 1.84. The smallest absolute Gasteiger partial charge is 0.169 e. The van der Waals surface area contributed by atoms with E-state index in [2.05, 4.69) is 48.9 Å². The van der Waals surface area contributed by atoms with E-state index in [1.165, 1.54) is 0 Å². The van der Waals surface area contributed by atoms with Gasteiger partial charge in [0.25, 0.3) is 0 Å². The van der Waals surface area contributed by atoms with Crippen LogP contribution in [0.2, 0.25) is 0 Å². The largest absolute Gasteiger partial charge is 0.453 e. The normalized spacial score (nSPS) is 15.9. The maximum absolute atomic E-state index is 9.12. The molecule has 0 saturated carbocycles. The highest BCUT2D eigenvalue weighted by Crippen LogP contribution is 2.26. The molecule has 2 unspecified atom stereocenters. The summed E-state index contributed by atoms with van der Waals surface area (Å²) in [7, 11) is 0. The number of aliphatic hydroxyl groups excluding tert-OH is 1. The first-order chi connectivity index (χ1) is 7.84. The Morgan fingerprint density at radius 3 is 2.47 bits per heavy atom. The van der Waals surface area contributed by atoms with E-state index in [0.717, 1.165) is 16.9 Å². The highest BCUT2D eigenvalue weighted by molar-refractivity contribution is 9.10. The number of hydrogen-bond acceptors (Lipinski definition) is 3. The summed E-state index contributed by atoms with van der Waals surface area (Å²) >= 11 is 3.30. The molecule has 0 bridgehead atoms. The molecule has 0 radical (unpaired) electrons. The Bertz CT molecular complexity index is 343. The van der Waals surface area contributed by atoms with Gasteiger partial charge in [0.2, 0.25) is 0 Å². The number of aliphatic hydroxyl groups is 1. The molecule has 1 heterocycles. The van der Waals surface area contributed by atoms with Crippen molar-refractivity contribution in [3.8, 4) is 0 Å². The Morgan fingerprint density at radius 1 is 1.41 bits per heavy atom. The van der Waals surface area contributed by atoms with Crippen LogP contribution < -0.4 is 5.32 Å². The molecule has 0 fully saturated rings. The Morgan fingerprint density at radius 2 is 2.06 bits per heavy atom. The molecule has 0 spiro atoms. The Hall–Kier alpha value is -0.320. The highest BCUT2D eigenvalue weighted by atomic mass is 79.9. The second-order valence-electron chi connectivity index (χ2n) is 5.46. The molecule has 3 nitrogen and oxygen atoms in total. The molecule has 17 heavy (non-hydrogen) atoms. The van der Waals surface area contributed by atoms with Crippen molar-refractivity contribution in [2.24, 2.45) is 5.41 Å². The monoisotopic (exact) mass is 303 g/mol. The lowest BCUT2D eigenvalue weighted by Crippen LogP contribution is -2.42. The van der Waals surface area contributed by atoms with Crippen LogP contribution in [-0.2, 0) is 0 Å². The van der Waals surface area contributed by atoms with Crippen molar-refractivity contribution in [1.82, 2.24) is 5.32 Å². The number of nitrogens with one attached hydrogen (secondary N) is 1. The summed E-state index contributed by atoms with van der Waals surface area (Å²) in [6.45, 7) is 8.78. The first-order valence-electron chi connectivity index (χ1n) is 5.96. The van der Waals surface area contributed by atoms with Crippen LogP contribution in [0.15, 0.2) is 21.2 Å². The third-order valence-corrected chi connectivity index (χ3v) is 3.36. The molecule has 0 aliphatic carbocycles. The third-order valence-electron chi connectivity index (χ3n) is 2.94. The molecule has 0 saturated heterocycles. The lowest BCUT2D eigenvalue weighted by molar-refractivity contribution is 0.183. The SMILES string of the molecule is CC(NC(CCO)C(C)(C)C)c1ccc(Br)o1. The summed E-state index contributed by atoms with van der Waals surface area (Å²) in [5.41, 5.74) is 0.112. The number of hydrogen-bond donors (Lipinski definition) is 2. The van der Waals surface area contributed by atoms with Gasteiger partial charge in [0.05, 0.1) is 6.04 Å². The molecule has 0 amide bonds. The predicted octanol–water partition coefficient (Wildman–Crippen LogP) is 3.49. The van der Waals surface area contributed by atoms with E-state index in [-0.39, 0.29) is 24.1 Å². The zero-order valence-corrected chi connectivity index (χ0v) is 12.5. The molecule has 0 aliphatic heterocycles. The van der Waals surface area contributed by atoms with Gasteiger partial charge in [-0.1, -0.05) is 20.8 Å². The molecular weight excluding hydrogens is 282 g/mol. The Kier molecular flexibility index (Phi) is 5.22. The number of halogens is 1. The minimum atomic E-state index is 0.112. The maximum Gasteiger partial charge on any atom is 0.169 e. The van der Waals surface area contributed by atoms with Crippen molar-refractivity contribution >= 4 is 15.9 Å². The van der Waals surface area contributed by atoms with Crippen LogP contribution in [0.4, 0.5) is 0 Å². The number of rotatable bonds is 5. The molecule has 1 aromatic rings. The Labute approximate surface area is 112 Å². The Balaban J connectivity index is 2.67. The van der Waals surface area contributed by atoms with Gasteiger partial charge in [0.1, 0.15) is 5.76 Å². The summed E-state index contributed by atoms with van der Waals surface area (Å²) < 4.78 is 6.27. The fourth-order valence-corrected chi connectivity index (χ4v) is 2.16. The molecule has 4 heteroatoms. The van der Waals surface area contributed by atoms with Gasteiger partial charge in [-0.3, -0.25) is 0 Å². The van der Waals surface area contributed by atoms with Crippen molar-refractivity contribution in [2.45, 2.75) is 46.2 Å². The van der Waals surface area contributed by atoms with E-state index in [0.29, 0.717) is 0 Å². The standard InChI is InChI=1S/C13H22BrNO2/c1-9(10-5-6-12(14)17-10)15-11(7-8-16)13(2,3)4/h5-6,9,11,15-16H,7-8H2,1-4H3. The molecular formula is C13H22BrNO2.